The van der Waals surface area contributed by atoms with Crippen LogP contribution in [-0.2, 0) is 11.2 Å². The SMILES string of the molecule is CCN(C)C(=O)COc1cccc2c1CCCN2. The van der Waals surface area contributed by atoms with E-state index in [2.05, 4.69) is 11.4 Å². The summed E-state index contributed by atoms with van der Waals surface area (Å²) in [5.74, 6) is 0.844. The third kappa shape index (κ3) is 2.75. The molecule has 1 N–H and O–H groups in total. The fraction of sp³-hybridized carbons (Fsp3) is 0.500. The molecule has 0 aromatic heterocycles. The van der Waals surface area contributed by atoms with Crippen LogP contribution in [-0.4, -0.2) is 37.6 Å². The number of carbonyl (C=O) groups is 1. The van der Waals surface area contributed by atoms with Gasteiger partial charge in [-0.05, 0) is 31.9 Å². The van der Waals surface area contributed by atoms with Crippen molar-refractivity contribution in [1.29, 1.82) is 0 Å². The first-order valence-corrected chi connectivity index (χ1v) is 6.45. The van der Waals surface area contributed by atoms with Crippen LogP contribution in [0.25, 0.3) is 0 Å². The van der Waals surface area contributed by atoms with E-state index < -0.39 is 0 Å². The van der Waals surface area contributed by atoms with Gasteiger partial charge in [0.2, 0.25) is 0 Å². The number of carbonyl (C=O) groups excluding carboxylic acids is 1. The number of amides is 1. The van der Waals surface area contributed by atoms with Gasteiger partial charge in [0, 0.05) is 31.4 Å². The highest BCUT2D eigenvalue weighted by atomic mass is 16.5. The summed E-state index contributed by atoms with van der Waals surface area (Å²) >= 11 is 0. The highest BCUT2D eigenvalue weighted by Gasteiger charge is 2.15. The minimum atomic E-state index is 0.0128. The van der Waals surface area contributed by atoms with Crippen molar-refractivity contribution in [3.05, 3.63) is 23.8 Å². The lowest BCUT2D eigenvalue weighted by molar-refractivity contribution is -0.131. The van der Waals surface area contributed by atoms with Crippen LogP contribution in [0.5, 0.6) is 5.75 Å². The minimum absolute atomic E-state index is 0.0128. The van der Waals surface area contributed by atoms with Crippen molar-refractivity contribution in [2.24, 2.45) is 0 Å². The zero-order valence-electron chi connectivity index (χ0n) is 11.0. The van der Waals surface area contributed by atoms with E-state index in [9.17, 15) is 4.79 Å². The molecule has 1 aliphatic rings. The highest BCUT2D eigenvalue weighted by Crippen LogP contribution is 2.30. The van der Waals surface area contributed by atoms with E-state index in [1.165, 1.54) is 5.56 Å². The summed E-state index contributed by atoms with van der Waals surface area (Å²) in [7, 11) is 1.79. The van der Waals surface area contributed by atoms with Gasteiger partial charge in [0.25, 0.3) is 5.91 Å². The van der Waals surface area contributed by atoms with Crippen LogP contribution < -0.4 is 10.1 Å². The molecule has 0 spiro atoms. The van der Waals surface area contributed by atoms with Crippen molar-refractivity contribution in [3.63, 3.8) is 0 Å². The molecule has 0 atom stereocenters. The maximum absolute atomic E-state index is 11.7. The molecule has 1 aliphatic heterocycles. The second kappa shape index (κ2) is 5.76. The minimum Gasteiger partial charge on any atom is -0.483 e. The summed E-state index contributed by atoms with van der Waals surface area (Å²) in [6.07, 6.45) is 2.12. The molecule has 0 saturated carbocycles. The normalized spacial score (nSPS) is 13.4. The Hall–Kier alpha value is -1.71. The van der Waals surface area contributed by atoms with Crippen molar-refractivity contribution in [2.45, 2.75) is 19.8 Å². The van der Waals surface area contributed by atoms with Crippen molar-refractivity contribution in [2.75, 3.05) is 32.1 Å². The summed E-state index contributed by atoms with van der Waals surface area (Å²) in [5, 5.41) is 3.35. The lowest BCUT2D eigenvalue weighted by Gasteiger charge is -2.21. The van der Waals surface area contributed by atoms with Crippen LogP contribution in [0.3, 0.4) is 0 Å². The van der Waals surface area contributed by atoms with Gasteiger partial charge in [-0.15, -0.1) is 0 Å². The standard InChI is InChI=1S/C14H20N2O2/c1-3-16(2)14(17)10-18-13-8-4-7-12-11(13)6-5-9-15-12/h4,7-8,15H,3,5-6,9-10H2,1-2H3. The molecule has 1 aromatic rings. The number of anilines is 1. The number of hydrogen-bond acceptors (Lipinski definition) is 3. The Morgan fingerprint density at radius 3 is 3.11 bits per heavy atom. The zero-order valence-corrected chi connectivity index (χ0v) is 11.0. The smallest absolute Gasteiger partial charge is 0.260 e. The van der Waals surface area contributed by atoms with Crippen LogP contribution in [0.4, 0.5) is 5.69 Å². The van der Waals surface area contributed by atoms with Crippen LogP contribution in [0.15, 0.2) is 18.2 Å². The Bertz CT molecular complexity index is 432. The summed E-state index contributed by atoms with van der Waals surface area (Å²) in [4.78, 5) is 13.4. The van der Waals surface area contributed by atoms with Gasteiger partial charge in [-0.2, -0.15) is 0 Å². The third-order valence-electron chi connectivity index (χ3n) is 3.30. The monoisotopic (exact) mass is 248 g/mol. The van der Waals surface area contributed by atoms with E-state index in [-0.39, 0.29) is 12.5 Å². The van der Waals surface area contributed by atoms with Crippen molar-refractivity contribution in [1.82, 2.24) is 4.90 Å². The number of nitrogens with one attached hydrogen (secondary N) is 1. The van der Waals surface area contributed by atoms with E-state index in [1.807, 2.05) is 19.1 Å². The Kier molecular flexibility index (Phi) is 4.07. The molecule has 0 unspecified atom stereocenters. The average molecular weight is 248 g/mol. The summed E-state index contributed by atoms with van der Waals surface area (Å²) < 4.78 is 5.66. The Morgan fingerprint density at radius 2 is 2.33 bits per heavy atom. The van der Waals surface area contributed by atoms with E-state index in [0.29, 0.717) is 6.54 Å². The largest absolute Gasteiger partial charge is 0.483 e. The van der Waals surface area contributed by atoms with Gasteiger partial charge in [-0.3, -0.25) is 4.79 Å². The third-order valence-corrected chi connectivity index (χ3v) is 3.30. The van der Waals surface area contributed by atoms with Crippen LogP contribution >= 0.6 is 0 Å². The molecule has 0 saturated heterocycles. The Morgan fingerprint density at radius 1 is 1.50 bits per heavy atom. The molecule has 1 aromatic carbocycles. The number of benzene rings is 1. The highest BCUT2D eigenvalue weighted by molar-refractivity contribution is 5.77. The number of fused-ring (bicyclic) bond motifs is 1. The number of ether oxygens (including phenoxy) is 1. The molecule has 0 bridgehead atoms. The first-order valence-electron chi connectivity index (χ1n) is 6.45. The molecule has 1 amide bonds. The van der Waals surface area contributed by atoms with Crippen LogP contribution in [0.2, 0.25) is 0 Å². The maximum atomic E-state index is 11.7. The van der Waals surface area contributed by atoms with Crippen molar-refractivity contribution >= 4 is 11.6 Å². The topological polar surface area (TPSA) is 41.6 Å². The predicted molar refractivity (Wildman–Crippen MR) is 72.1 cm³/mol. The molecular formula is C14H20N2O2. The van der Waals surface area contributed by atoms with E-state index in [0.717, 1.165) is 30.8 Å². The van der Waals surface area contributed by atoms with Crippen molar-refractivity contribution in [3.8, 4) is 5.75 Å². The fourth-order valence-corrected chi connectivity index (χ4v) is 2.04. The second-order valence-corrected chi connectivity index (χ2v) is 4.51. The van der Waals surface area contributed by atoms with E-state index >= 15 is 0 Å². The van der Waals surface area contributed by atoms with E-state index in [4.69, 9.17) is 4.74 Å². The average Bonchev–Trinajstić information content (AvgIpc) is 2.43. The van der Waals surface area contributed by atoms with Gasteiger partial charge in [-0.1, -0.05) is 6.07 Å². The fourth-order valence-electron chi connectivity index (χ4n) is 2.04. The van der Waals surface area contributed by atoms with Crippen LogP contribution in [0, 0.1) is 0 Å². The quantitative estimate of drug-likeness (QED) is 0.885. The molecule has 18 heavy (non-hydrogen) atoms. The molecule has 1 heterocycles. The van der Waals surface area contributed by atoms with Crippen LogP contribution in [0.1, 0.15) is 18.9 Å². The Balaban J connectivity index is 2.03. The zero-order chi connectivity index (χ0) is 13.0. The first kappa shape index (κ1) is 12.7. The second-order valence-electron chi connectivity index (χ2n) is 4.51. The lowest BCUT2D eigenvalue weighted by atomic mass is 10.0. The van der Waals surface area contributed by atoms with Gasteiger partial charge in [0.1, 0.15) is 5.75 Å². The molecule has 4 nitrogen and oxygen atoms in total. The van der Waals surface area contributed by atoms with Gasteiger partial charge in [0.15, 0.2) is 6.61 Å². The molecule has 0 aliphatic carbocycles. The number of nitrogens with zero attached hydrogens (tertiary/aromatic N) is 1. The van der Waals surface area contributed by atoms with Crippen molar-refractivity contribution < 1.29 is 9.53 Å². The predicted octanol–water partition coefficient (Wildman–Crippen LogP) is 1.90. The molecule has 0 fully saturated rings. The van der Waals surface area contributed by atoms with Gasteiger partial charge in [0.05, 0.1) is 0 Å². The molecule has 2 rings (SSSR count). The summed E-state index contributed by atoms with van der Waals surface area (Å²) in [5.41, 5.74) is 2.32. The molecule has 4 heteroatoms. The Labute approximate surface area is 108 Å². The molecule has 0 radical (unpaired) electrons. The van der Waals surface area contributed by atoms with Gasteiger partial charge in [-0.25, -0.2) is 0 Å². The molecule has 98 valence electrons. The maximum Gasteiger partial charge on any atom is 0.260 e. The first-order chi connectivity index (χ1) is 8.72. The summed E-state index contributed by atoms with van der Waals surface area (Å²) in [6, 6.07) is 5.95. The van der Waals surface area contributed by atoms with E-state index in [1.54, 1.807) is 11.9 Å². The summed E-state index contributed by atoms with van der Waals surface area (Å²) in [6.45, 7) is 3.78. The molecular weight excluding hydrogens is 228 g/mol. The number of likely N-dealkylation sites (N-methyl/N-ethyl adjacent to an activating group) is 1. The number of hydrogen-bond donors (Lipinski definition) is 1. The number of rotatable bonds is 4. The van der Waals surface area contributed by atoms with Gasteiger partial charge >= 0.3 is 0 Å². The van der Waals surface area contributed by atoms with Gasteiger partial charge < -0.3 is 15.0 Å². The lowest BCUT2D eigenvalue weighted by Crippen LogP contribution is -2.31.